The van der Waals surface area contributed by atoms with Crippen LogP contribution in [0.3, 0.4) is 0 Å². The molecule has 6 heteroatoms. The molecule has 0 aliphatic heterocycles. The molecule has 1 aromatic carbocycles. The Labute approximate surface area is 182 Å². The summed E-state index contributed by atoms with van der Waals surface area (Å²) in [6, 6.07) is 8.33. The maximum Gasteiger partial charge on any atom is 0.161 e. The van der Waals surface area contributed by atoms with Gasteiger partial charge in [-0.1, -0.05) is 39.3 Å². The summed E-state index contributed by atoms with van der Waals surface area (Å²) in [5.41, 5.74) is 4.69. The zero-order valence-electron chi connectivity index (χ0n) is 18.2. The molecule has 0 fully saturated rings. The van der Waals surface area contributed by atoms with Crippen molar-refractivity contribution in [2.45, 2.75) is 34.6 Å². The van der Waals surface area contributed by atoms with Crippen LogP contribution in [0, 0.1) is 18.8 Å². The molecular weight excluding hydrogens is 394 g/mol. The number of pyridine rings is 1. The normalized spacial score (nSPS) is 11.9. The largest absolute Gasteiger partial charge is 0.371 e. The van der Waals surface area contributed by atoms with Gasteiger partial charge < -0.3 is 9.30 Å². The third kappa shape index (κ3) is 4.26. The van der Waals surface area contributed by atoms with Crippen LogP contribution in [0.25, 0.3) is 27.9 Å². The minimum Gasteiger partial charge on any atom is -0.371 e. The van der Waals surface area contributed by atoms with Gasteiger partial charge in [0, 0.05) is 48.3 Å². The number of benzene rings is 1. The van der Waals surface area contributed by atoms with E-state index in [9.17, 15) is 0 Å². The molecule has 30 heavy (non-hydrogen) atoms. The van der Waals surface area contributed by atoms with Gasteiger partial charge in [-0.15, -0.1) is 0 Å². The van der Waals surface area contributed by atoms with Crippen molar-refractivity contribution in [2.75, 3.05) is 18.0 Å². The zero-order chi connectivity index (χ0) is 21.4. The molecule has 0 bridgehead atoms. The molecule has 0 N–H and O–H groups in total. The van der Waals surface area contributed by atoms with Gasteiger partial charge in [0.1, 0.15) is 0 Å². The SMILES string of the molecule is Cc1cn2cc(-c3ncc4cc(N(CC(C)C)CC(C)C)ccc4n3)cc(Cl)c2n1. The van der Waals surface area contributed by atoms with Gasteiger partial charge in [0.25, 0.3) is 0 Å². The molecular formula is C24H28ClN5. The van der Waals surface area contributed by atoms with E-state index in [4.69, 9.17) is 16.6 Å². The van der Waals surface area contributed by atoms with Crippen molar-refractivity contribution in [1.29, 1.82) is 0 Å². The van der Waals surface area contributed by atoms with Crippen LogP contribution in [-0.2, 0) is 0 Å². The average molecular weight is 422 g/mol. The predicted octanol–water partition coefficient (Wildman–Crippen LogP) is 6.02. The fourth-order valence-corrected chi connectivity index (χ4v) is 4.08. The second kappa shape index (κ2) is 8.23. The van der Waals surface area contributed by atoms with Crippen LogP contribution in [0.2, 0.25) is 5.02 Å². The van der Waals surface area contributed by atoms with Gasteiger partial charge in [-0.3, -0.25) is 0 Å². The lowest BCUT2D eigenvalue weighted by atomic mass is 10.1. The summed E-state index contributed by atoms with van der Waals surface area (Å²) in [6.45, 7) is 13.0. The molecule has 0 aliphatic rings. The van der Waals surface area contributed by atoms with Crippen LogP contribution < -0.4 is 4.90 Å². The number of rotatable bonds is 6. The maximum atomic E-state index is 6.44. The van der Waals surface area contributed by atoms with Crippen LogP contribution in [0.1, 0.15) is 33.4 Å². The summed E-state index contributed by atoms with van der Waals surface area (Å²) < 4.78 is 1.93. The molecule has 4 rings (SSSR count). The summed E-state index contributed by atoms with van der Waals surface area (Å²) in [7, 11) is 0. The molecule has 0 radical (unpaired) electrons. The highest BCUT2D eigenvalue weighted by Gasteiger charge is 2.13. The summed E-state index contributed by atoms with van der Waals surface area (Å²) in [6.07, 6.45) is 5.83. The Hall–Kier alpha value is -2.66. The third-order valence-corrected chi connectivity index (χ3v) is 5.26. The third-order valence-electron chi connectivity index (χ3n) is 4.98. The predicted molar refractivity (Wildman–Crippen MR) is 125 cm³/mol. The van der Waals surface area contributed by atoms with Crippen LogP contribution in [0.5, 0.6) is 0 Å². The van der Waals surface area contributed by atoms with E-state index in [0.717, 1.165) is 40.9 Å². The van der Waals surface area contributed by atoms with Gasteiger partial charge in [0.05, 0.1) is 16.2 Å². The molecule has 0 amide bonds. The van der Waals surface area contributed by atoms with E-state index >= 15 is 0 Å². The summed E-state index contributed by atoms with van der Waals surface area (Å²) in [4.78, 5) is 16.3. The Morgan fingerprint density at radius 2 is 1.73 bits per heavy atom. The molecule has 0 saturated heterocycles. The van der Waals surface area contributed by atoms with Gasteiger partial charge in [0.2, 0.25) is 0 Å². The second-order valence-corrected chi connectivity index (χ2v) is 9.23. The van der Waals surface area contributed by atoms with Crippen molar-refractivity contribution in [1.82, 2.24) is 19.4 Å². The first kappa shape index (κ1) is 20.6. The first-order chi connectivity index (χ1) is 14.3. The zero-order valence-corrected chi connectivity index (χ0v) is 19.0. The minimum atomic E-state index is 0.595. The van der Waals surface area contributed by atoms with Crippen molar-refractivity contribution in [3.63, 3.8) is 0 Å². The fourth-order valence-electron chi connectivity index (χ4n) is 3.83. The molecule has 0 aliphatic carbocycles. The van der Waals surface area contributed by atoms with E-state index < -0.39 is 0 Å². The van der Waals surface area contributed by atoms with Crippen LogP contribution in [0.4, 0.5) is 5.69 Å². The molecule has 156 valence electrons. The number of aromatic nitrogens is 4. The molecule has 3 heterocycles. The summed E-state index contributed by atoms with van der Waals surface area (Å²) in [5, 5.41) is 1.64. The molecule has 0 atom stereocenters. The Morgan fingerprint density at radius 1 is 1.00 bits per heavy atom. The Kier molecular flexibility index (Phi) is 5.65. The Bertz CT molecular complexity index is 1190. The van der Waals surface area contributed by atoms with E-state index in [1.165, 1.54) is 5.69 Å². The molecule has 4 aromatic rings. The highest BCUT2D eigenvalue weighted by molar-refractivity contribution is 6.33. The van der Waals surface area contributed by atoms with Crippen molar-refractivity contribution in [3.05, 3.63) is 53.6 Å². The summed E-state index contributed by atoms with van der Waals surface area (Å²) in [5.74, 6) is 1.86. The lowest BCUT2D eigenvalue weighted by molar-refractivity contribution is 0.553. The van der Waals surface area contributed by atoms with Gasteiger partial charge in [0.15, 0.2) is 11.5 Å². The number of anilines is 1. The number of aryl methyl sites for hydroxylation is 1. The number of hydrogen-bond acceptors (Lipinski definition) is 4. The van der Waals surface area contributed by atoms with Crippen molar-refractivity contribution in [3.8, 4) is 11.4 Å². The van der Waals surface area contributed by atoms with Crippen molar-refractivity contribution < 1.29 is 0 Å². The Morgan fingerprint density at radius 3 is 2.43 bits per heavy atom. The van der Waals surface area contributed by atoms with Crippen molar-refractivity contribution >= 4 is 33.8 Å². The average Bonchev–Trinajstić information content (AvgIpc) is 3.07. The van der Waals surface area contributed by atoms with Crippen LogP contribution >= 0.6 is 11.6 Å². The molecule has 0 unspecified atom stereocenters. The van der Waals surface area contributed by atoms with E-state index in [1.807, 2.05) is 36.0 Å². The number of hydrogen-bond donors (Lipinski definition) is 0. The van der Waals surface area contributed by atoms with Crippen LogP contribution in [0.15, 0.2) is 42.9 Å². The number of nitrogens with zero attached hydrogens (tertiary/aromatic N) is 5. The van der Waals surface area contributed by atoms with Gasteiger partial charge in [-0.2, -0.15) is 0 Å². The number of imidazole rings is 1. The highest BCUT2D eigenvalue weighted by Crippen LogP contribution is 2.27. The monoisotopic (exact) mass is 421 g/mol. The van der Waals surface area contributed by atoms with Gasteiger partial charge in [-0.05, 0) is 43.0 Å². The fraction of sp³-hybridized carbons (Fsp3) is 0.375. The second-order valence-electron chi connectivity index (χ2n) is 8.82. The van der Waals surface area contributed by atoms with E-state index in [1.54, 1.807) is 0 Å². The first-order valence-electron chi connectivity index (χ1n) is 10.5. The number of halogens is 1. The Balaban J connectivity index is 1.71. The van der Waals surface area contributed by atoms with E-state index in [0.29, 0.717) is 22.7 Å². The van der Waals surface area contributed by atoms with Crippen LogP contribution in [-0.4, -0.2) is 32.4 Å². The van der Waals surface area contributed by atoms with E-state index in [2.05, 4.69) is 60.8 Å². The molecule has 3 aromatic heterocycles. The lowest BCUT2D eigenvalue weighted by Gasteiger charge is -2.28. The maximum absolute atomic E-state index is 6.44. The van der Waals surface area contributed by atoms with Gasteiger partial charge >= 0.3 is 0 Å². The summed E-state index contributed by atoms with van der Waals surface area (Å²) >= 11 is 6.44. The topological polar surface area (TPSA) is 46.3 Å². The quantitative estimate of drug-likeness (QED) is 0.381. The molecule has 0 spiro atoms. The van der Waals surface area contributed by atoms with Crippen molar-refractivity contribution in [2.24, 2.45) is 11.8 Å². The number of fused-ring (bicyclic) bond motifs is 2. The van der Waals surface area contributed by atoms with Gasteiger partial charge in [-0.25, -0.2) is 15.0 Å². The molecule has 5 nitrogen and oxygen atoms in total. The standard InChI is InChI=1S/C24H28ClN5/c1-15(2)11-29(12-16(3)4)20-6-7-22-18(8-20)10-26-23(28-22)19-9-21(25)24-27-17(5)13-30(24)14-19/h6-10,13-16H,11-12H2,1-5H3. The van der Waals surface area contributed by atoms with E-state index in [-0.39, 0.29) is 0 Å². The molecule has 0 saturated carbocycles. The lowest BCUT2D eigenvalue weighted by Crippen LogP contribution is -2.31. The first-order valence-corrected chi connectivity index (χ1v) is 10.8. The highest BCUT2D eigenvalue weighted by atomic mass is 35.5. The minimum absolute atomic E-state index is 0.595. The smallest absolute Gasteiger partial charge is 0.161 e.